The molecule has 0 fully saturated rings. The van der Waals surface area contributed by atoms with Crippen LogP contribution in [-0.4, -0.2) is 6.54 Å². The number of hydrogen-bond acceptors (Lipinski definition) is 1. The Balaban J connectivity index is 1.91. The van der Waals surface area contributed by atoms with Gasteiger partial charge in [0.1, 0.15) is 0 Å². The van der Waals surface area contributed by atoms with Crippen LogP contribution >= 0.6 is 23.2 Å². The van der Waals surface area contributed by atoms with Crippen molar-refractivity contribution < 1.29 is 0 Å². The first-order valence-corrected chi connectivity index (χ1v) is 8.07. The Morgan fingerprint density at radius 3 is 2.57 bits per heavy atom. The fraction of sp³-hybridized carbons (Fsp3) is 0.333. The molecule has 0 spiro atoms. The molecule has 0 aliphatic carbocycles. The maximum absolute atomic E-state index is 6.13. The number of halogens is 2. The molecular weight excluding hydrogens is 301 g/mol. The molecule has 1 aliphatic heterocycles. The summed E-state index contributed by atoms with van der Waals surface area (Å²) >= 11 is 12.1. The van der Waals surface area contributed by atoms with Crippen molar-refractivity contribution in [3.63, 3.8) is 0 Å². The van der Waals surface area contributed by atoms with E-state index in [0.717, 1.165) is 19.4 Å². The predicted octanol–water partition coefficient (Wildman–Crippen LogP) is 5.04. The van der Waals surface area contributed by atoms with Gasteiger partial charge in [0.05, 0.1) is 10.0 Å². The zero-order chi connectivity index (χ0) is 15.0. The Bertz CT molecular complexity index is 679. The molecule has 0 saturated heterocycles. The van der Waals surface area contributed by atoms with Gasteiger partial charge >= 0.3 is 0 Å². The van der Waals surface area contributed by atoms with Gasteiger partial charge in [0.25, 0.3) is 0 Å². The highest BCUT2D eigenvalue weighted by molar-refractivity contribution is 6.42. The molecule has 0 saturated carbocycles. The van der Waals surface area contributed by atoms with Crippen molar-refractivity contribution in [1.29, 1.82) is 0 Å². The zero-order valence-electron chi connectivity index (χ0n) is 12.3. The lowest BCUT2D eigenvalue weighted by molar-refractivity contribution is 0.502. The van der Waals surface area contributed by atoms with E-state index in [0.29, 0.717) is 16.1 Å². The second-order valence-electron chi connectivity index (χ2n) is 5.84. The maximum Gasteiger partial charge on any atom is 0.0595 e. The number of rotatable bonds is 2. The number of hydrogen-bond donors (Lipinski definition) is 1. The molecule has 0 amide bonds. The number of fused-ring (bicyclic) bond motifs is 1. The molecule has 3 rings (SSSR count). The van der Waals surface area contributed by atoms with E-state index in [-0.39, 0.29) is 0 Å². The molecule has 1 heterocycles. The van der Waals surface area contributed by atoms with Crippen molar-refractivity contribution in [1.82, 2.24) is 5.32 Å². The average Bonchev–Trinajstić information content (AvgIpc) is 2.45. The van der Waals surface area contributed by atoms with Crippen LogP contribution in [-0.2, 0) is 12.8 Å². The van der Waals surface area contributed by atoms with Crippen LogP contribution in [0.2, 0.25) is 10.0 Å². The van der Waals surface area contributed by atoms with Gasteiger partial charge in [-0.25, -0.2) is 0 Å². The van der Waals surface area contributed by atoms with Crippen LogP contribution < -0.4 is 5.32 Å². The van der Waals surface area contributed by atoms with Gasteiger partial charge in [-0.3, -0.25) is 0 Å². The molecule has 1 N–H and O–H groups in total. The van der Waals surface area contributed by atoms with Crippen LogP contribution in [0, 0.1) is 13.8 Å². The first-order chi connectivity index (χ1) is 10.0. The van der Waals surface area contributed by atoms with Crippen LogP contribution in [0.15, 0.2) is 30.3 Å². The number of aryl methyl sites for hydroxylation is 2. The Hall–Kier alpha value is -1.02. The first kappa shape index (κ1) is 14.9. The highest BCUT2D eigenvalue weighted by Gasteiger charge is 2.21. The second kappa shape index (κ2) is 6.00. The van der Waals surface area contributed by atoms with Gasteiger partial charge in [-0.05, 0) is 73.2 Å². The normalized spacial score (nSPS) is 17.6. The monoisotopic (exact) mass is 319 g/mol. The van der Waals surface area contributed by atoms with E-state index in [1.54, 1.807) is 0 Å². The van der Waals surface area contributed by atoms with Crippen LogP contribution in [0.25, 0.3) is 0 Å². The Morgan fingerprint density at radius 1 is 1.05 bits per heavy atom. The minimum atomic E-state index is 0.352. The van der Waals surface area contributed by atoms with Gasteiger partial charge in [-0.2, -0.15) is 0 Å². The molecule has 0 radical (unpaired) electrons. The third kappa shape index (κ3) is 3.11. The van der Waals surface area contributed by atoms with E-state index < -0.39 is 0 Å². The predicted molar refractivity (Wildman–Crippen MR) is 90.5 cm³/mol. The molecule has 3 heteroatoms. The summed E-state index contributed by atoms with van der Waals surface area (Å²) < 4.78 is 0. The summed E-state index contributed by atoms with van der Waals surface area (Å²) in [4.78, 5) is 0. The minimum absolute atomic E-state index is 0.352. The van der Waals surface area contributed by atoms with E-state index >= 15 is 0 Å². The molecule has 1 unspecified atom stereocenters. The Labute approximate surface area is 136 Å². The molecule has 110 valence electrons. The van der Waals surface area contributed by atoms with Crippen LogP contribution in [0.5, 0.6) is 0 Å². The van der Waals surface area contributed by atoms with Gasteiger partial charge < -0.3 is 5.32 Å². The van der Waals surface area contributed by atoms with Crippen molar-refractivity contribution in [3.8, 4) is 0 Å². The summed E-state index contributed by atoms with van der Waals surface area (Å²) in [7, 11) is 0. The zero-order valence-corrected chi connectivity index (χ0v) is 13.9. The van der Waals surface area contributed by atoms with E-state index in [4.69, 9.17) is 23.2 Å². The van der Waals surface area contributed by atoms with Gasteiger partial charge in [0, 0.05) is 6.04 Å². The summed E-state index contributed by atoms with van der Waals surface area (Å²) in [5.41, 5.74) is 6.85. The molecule has 0 bridgehead atoms. The summed E-state index contributed by atoms with van der Waals surface area (Å²) in [5, 5.41) is 4.87. The fourth-order valence-corrected chi connectivity index (χ4v) is 3.34. The molecule has 21 heavy (non-hydrogen) atoms. The summed E-state index contributed by atoms with van der Waals surface area (Å²) in [5.74, 6) is 0. The number of benzene rings is 2. The van der Waals surface area contributed by atoms with E-state index in [1.807, 2.05) is 12.1 Å². The smallest absolute Gasteiger partial charge is 0.0595 e. The third-order valence-electron chi connectivity index (χ3n) is 4.34. The Kier molecular flexibility index (Phi) is 4.26. The summed E-state index contributed by atoms with van der Waals surface area (Å²) in [6, 6.07) is 10.9. The maximum atomic E-state index is 6.13. The van der Waals surface area contributed by atoms with Gasteiger partial charge in [0.15, 0.2) is 0 Å². The van der Waals surface area contributed by atoms with E-state index in [2.05, 4.69) is 37.4 Å². The molecule has 0 aromatic heterocycles. The van der Waals surface area contributed by atoms with Gasteiger partial charge in [-0.15, -0.1) is 0 Å². The van der Waals surface area contributed by atoms with Gasteiger partial charge in [-0.1, -0.05) is 41.4 Å². The lowest BCUT2D eigenvalue weighted by Gasteiger charge is -2.28. The average molecular weight is 320 g/mol. The lowest BCUT2D eigenvalue weighted by Crippen LogP contribution is -2.31. The second-order valence-corrected chi connectivity index (χ2v) is 6.66. The van der Waals surface area contributed by atoms with Crippen molar-refractivity contribution in [2.45, 2.75) is 32.7 Å². The van der Waals surface area contributed by atoms with Crippen LogP contribution in [0.3, 0.4) is 0 Å². The van der Waals surface area contributed by atoms with Crippen molar-refractivity contribution in [3.05, 3.63) is 68.2 Å². The molecule has 2 aromatic carbocycles. The lowest BCUT2D eigenvalue weighted by atomic mass is 9.87. The molecule has 1 nitrogen and oxygen atoms in total. The van der Waals surface area contributed by atoms with Crippen LogP contribution in [0.4, 0.5) is 0 Å². The van der Waals surface area contributed by atoms with Crippen molar-refractivity contribution in [2.24, 2.45) is 0 Å². The Morgan fingerprint density at radius 2 is 1.81 bits per heavy atom. The largest absolute Gasteiger partial charge is 0.309 e. The SMILES string of the molecule is Cc1cc2c(cc1C)C(Cc1ccc(Cl)c(Cl)c1)NCC2. The minimum Gasteiger partial charge on any atom is -0.309 e. The quantitative estimate of drug-likeness (QED) is 0.817. The molecular formula is C18H19Cl2N. The fourth-order valence-electron chi connectivity index (χ4n) is 3.01. The van der Waals surface area contributed by atoms with E-state index in [1.165, 1.54) is 27.8 Å². The summed E-state index contributed by atoms with van der Waals surface area (Å²) in [6.07, 6.45) is 2.04. The van der Waals surface area contributed by atoms with E-state index in [9.17, 15) is 0 Å². The topological polar surface area (TPSA) is 12.0 Å². The van der Waals surface area contributed by atoms with Gasteiger partial charge in [0.2, 0.25) is 0 Å². The number of nitrogens with one attached hydrogen (secondary N) is 1. The standard InChI is InChI=1S/C18H19Cl2N/c1-11-7-14-5-6-21-18(15(14)8-12(11)2)10-13-3-4-16(19)17(20)9-13/h3-4,7-9,18,21H,5-6,10H2,1-2H3. The third-order valence-corrected chi connectivity index (χ3v) is 5.08. The first-order valence-electron chi connectivity index (χ1n) is 7.32. The highest BCUT2D eigenvalue weighted by Crippen LogP contribution is 2.30. The van der Waals surface area contributed by atoms with Crippen molar-refractivity contribution in [2.75, 3.05) is 6.54 Å². The highest BCUT2D eigenvalue weighted by atomic mass is 35.5. The summed E-state index contributed by atoms with van der Waals surface area (Å²) in [6.45, 7) is 5.40. The van der Waals surface area contributed by atoms with Crippen LogP contribution in [0.1, 0.15) is 33.9 Å². The molecule has 2 aromatic rings. The molecule has 1 atom stereocenters. The van der Waals surface area contributed by atoms with Crippen molar-refractivity contribution >= 4 is 23.2 Å². The molecule has 1 aliphatic rings.